The van der Waals surface area contributed by atoms with E-state index in [1.807, 2.05) is 36.4 Å². The van der Waals surface area contributed by atoms with E-state index in [1.165, 1.54) is 0 Å². The van der Waals surface area contributed by atoms with Crippen LogP contribution in [0.3, 0.4) is 0 Å². The van der Waals surface area contributed by atoms with Crippen molar-refractivity contribution in [2.75, 3.05) is 39.4 Å². The molecule has 0 radical (unpaired) electrons. The molecular weight excluding hydrogens is 452 g/mol. The molecule has 0 aliphatic carbocycles. The normalized spacial score (nSPS) is 20.9. The third kappa shape index (κ3) is 4.54. The van der Waals surface area contributed by atoms with Gasteiger partial charge in [0.25, 0.3) is 0 Å². The molecule has 5 rings (SSSR count). The molecule has 176 valence electrons. The molecular formula is C25H26N4O4S. The summed E-state index contributed by atoms with van der Waals surface area (Å²) in [6.07, 6.45) is 1.77. The second-order valence-electron chi connectivity index (χ2n) is 8.33. The summed E-state index contributed by atoms with van der Waals surface area (Å²) in [5, 5.41) is 13.7. The largest absolute Gasteiger partial charge is 0.478 e. The number of thiocarbonyl (C=S) groups is 1. The van der Waals surface area contributed by atoms with Crippen LogP contribution in [0, 0.1) is 0 Å². The Labute approximate surface area is 203 Å². The Hall–Kier alpha value is -3.27. The van der Waals surface area contributed by atoms with Gasteiger partial charge in [0.1, 0.15) is 17.6 Å². The van der Waals surface area contributed by atoms with Gasteiger partial charge in [0, 0.05) is 37.9 Å². The average molecular weight is 479 g/mol. The molecule has 2 aliphatic rings. The molecule has 8 nitrogen and oxygen atoms in total. The summed E-state index contributed by atoms with van der Waals surface area (Å²) < 4.78 is 11.8. The highest BCUT2D eigenvalue weighted by molar-refractivity contribution is 7.80. The van der Waals surface area contributed by atoms with Gasteiger partial charge in [0.2, 0.25) is 0 Å². The lowest BCUT2D eigenvalue weighted by Crippen LogP contribution is -2.42. The third-order valence-electron chi connectivity index (χ3n) is 6.30. The average Bonchev–Trinajstić information content (AvgIpc) is 3.48. The maximum absolute atomic E-state index is 11.7. The number of pyridine rings is 1. The van der Waals surface area contributed by atoms with E-state index in [1.54, 1.807) is 24.4 Å². The Bertz CT molecular complexity index is 1160. The molecule has 2 N–H and O–H groups in total. The fourth-order valence-electron chi connectivity index (χ4n) is 4.57. The lowest BCUT2D eigenvalue weighted by Gasteiger charge is -2.31. The molecule has 0 unspecified atom stereocenters. The first-order valence-electron chi connectivity index (χ1n) is 11.3. The Morgan fingerprint density at radius 2 is 1.88 bits per heavy atom. The first kappa shape index (κ1) is 22.5. The summed E-state index contributed by atoms with van der Waals surface area (Å²) in [5.74, 6) is 0.231. The summed E-state index contributed by atoms with van der Waals surface area (Å²) in [5.41, 5.74) is 1.62. The number of nitrogens with zero attached hydrogens (tertiary/aromatic N) is 3. The van der Waals surface area contributed by atoms with Crippen molar-refractivity contribution in [2.45, 2.75) is 12.1 Å². The van der Waals surface area contributed by atoms with Crippen LogP contribution in [-0.2, 0) is 4.74 Å². The fourth-order valence-corrected chi connectivity index (χ4v) is 4.90. The predicted octanol–water partition coefficient (Wildman–Crippen LogP) is 3.34. The number of furan rings is 1. The van der Waals surface area contributed by atoms with E-state index in [0.717, 1.165) is 45.1 Å². The number of rotatable bonds is 7. The summed E-state index contributed by atoms with van der Waals surface area (Å²) in [4.78, 5) is 20.8. The van der Waals surface area contributed by atoms with Crippen molar-refractivity contribution in [3.05, 3.63) is 77.8 Å². The number of carboxylic acid groups (broad SMARTS) is 1. The van der Waals surface area contributed by atoms with E-state index in [2.05, 4.69) is 20.1 Å². The van der Waals surface area contributed by atoms with Gasteiger partial charge in [0.05, 0.1) is 30.5 Å². The van der Waals surface area contributed by atoms with E-state index >= 15 is 0 Å². The van der Waals surface area contributed by atoms with Crippen molar-refractivity contribution in [2.24, 2.45) is 0 Å². The number of hydrogen-bond donors (Lipinski definition) is 2. The lowest BCUT2D eigenvalue weighted by molar-refractivity contribution is 0.0347. The van der Waals surface area contributed by atoms with Gasteiger partial charge in [-0.15, -0.1) is 0 Å². The van der Waals surface area contributed by atoms with E-state index in [-0.39, 0.29) is 17.6 Å². The highest BCUT2D eigenvalue weighted by Gasteiger charge is 2.41. The number of hydrogen-bond acceptors (Lipinski definition) is 6. The second-order valence-corrected chi connectivity index (χ2v) is 8.71. The number of aromatic nitrogens is 1. The predicted molar refractivity (Wildman–Crippen MR) is 131 cm³/mol. The van der Waals surface area contributed by atoms with E-state index in [0.29, 0.717) is 22.2 Å². The lowest BCUT2D eigenvalue weighted by atomic mass is 10.0. The van der Waals surface area contributed by atoms with Gasteiger partial charge in [-0.1, -0.05) is 24.3 Å². The molecule has 2 fully saturated rings. The molecule has 4 heterocycles. The van der Waals surface area contributed by atoms with Crippen LogP contribution in [0.2, 0.25) is 0 Å². The summed E-state index contributed by atoms with van der Waals surface area (Å²) >= 11 is 5.74. The molecule has 1 aromatic carbocycles. The van der Waals surface area contributed by atoms with Crippen LogP contribution in [0.1, 0.15) is 33.9 Å². The van der Waals surface area contributed by atoms with Gasteiger partial charge in [0.15, 0.2) is 5.11 Å². The minimum Gasteiger partial charge on any atom is -0.478 e. The second kappa shape index (κ2) is 9.92. The van der Waals surface area contributed by atoms with Crippen LogP contribution < -0.4 is 5.32 Å². The summed E-state index contributed by atoms with van der Waals surface area (Å²) in [7, 11) is 0. The van der Waals surface area contributed by atoms with Crippen LogP contribution in [0.25, 0.3) is 11.3 Å². The molecule has 2 aromatic heterocycles. The number of nitrogens with one attached hydrogen (secondary N) is 1. The zero-order valence-corrected chi connectivity index (χ0v) is 19.4. The van der Waals surface area contributed by atoms with E-state index in [4.69, 9.17) is 21.4 Å². The standard InChI is InChI=1S/C25H26N4O4S/c30-24(31)18-6-2-1-5-17(18)20-8-9-21(33-20)23-22(19-7-3-4-10-26-19)27-25(34)29(23)12-11-28-13-15-32-16-14-28/h1-10,22-23H,11-16H2,(H,27,34)(H,30,31)/t22-,23+/m0/s1. The number of aromatic carboxylic acids is 1. The molecule has 34 heavy (non-hydrogen) atoms. The SMILES string of the molecule is O=C(O)c1ccccc1-c1ccc([C@@H]2[C@H](c3ccccn3)NC(=S)N2CCN2CCOCC2)o1. The van der Waals surface area contributed by atoms with Crippen molar-refractivity contribution in [1.82, 2.24) is 20.1 Å². The van der Waals surface area contributed by atoms with E-state index in [9.17, 15) is 9.90 Å². The highest BCUT2D eigenvalue weighted by Crippen LogP contribution is 2.40. The quantitative estimate of drug-likeness (QED) is 0.496. The summed E-state index contributed by atoms with van der Waals surface area (Å²) in [6, 6.07) is 16.0. The molecule has 0 saturated carbocycles. The summed E-state index contributed by atoms with van der Waals surface area (Å²) in [6.45, 7) is 4.87. The van der Waals surface area contributed by atoms with Crippen LogP contribution in [-0.4, -0.2) is 70.4 Å². The van der Waals surface area contributed by atoms with Crippen molar-refractivity contribution in [1.29, 1.82) is 0 Å². The number of morpholine rings is 1. The van der Waals surface area contributed by atoms with Gasteiger partial charge in [-0.2, -0.15) is 0 Å². The Morgan fingerprint density at radius 3 is 2.65 bits per heavy atom. The monoisotopic (exact) mass is 478 g/mol. The van der Waals surface area contributed by atoms with Gasteiger partial charge >= 0.3 is 5.97 Å². The molecule has 2 aliphatic heterocycles. The zero-order valence-electron chi connectivity index (χ0n) is 18.6. The molecule has 0 bridgehead atoms. The molecule has 0 amide bonds. The number of carbonyl (C=O) groups is 1. The van der Waals surface area contributed by atoms with Crippen LogP contribution in [0.4, 0.5) is 0 Å². The number of ether oxygens (including phenoxy) is 1. The molecule has 2 atom stereocenters. The zero-order chi connectivity index (χ0) is 23.5. The topological polar surface area (TPSA) is 91.1 Å². The van der Waals surface area contributed by atoms with Crippen molar-refractivity contribution in [3.8, 4) is 11.3 Å². The van der Waals surface area contributed by atoms with Gasteiger partial charge in [-0.25, -0.2) is 4.79 Å². The number of carboxylic acids is 1. The van der Waals surface area contributed by atoms with Crippen molar-refractivity contribution in [3.63, 3.8) is 0 Å². The maximum Gasteiger partial charge on any atom is 0.336 e. The molecule has 3 aromatic rings. The minimum atomic E-state index is -0.990. The first-order valence-corrected chi connectivity index (χ1v) is 11.7. The van der Waals surface area contributed by atoms with Gasteiger partial charge in [-0.3, -0.25) is 9.88 Å². The Balaban J connectivity index is 1.47. The Kier molecular flexibility index (Phi) is 6.57. The fraction of sp³-hybridized carbons (Fsp3) is 0.320. The minimum absolute atomic E-state index is 0.188. The Morgan fingerprint density at radius 1 is 1.09 bits per heavy atom. The molecule has 0 spiro atoms. The van der Waals surface area contributed by atoms with Crippen molar-refractivity contribution < 1.29 is 19.1 Å². The molecule has 2 saturated heterocycles. The van der Waals surface area contributed by atoms with Crippen LogP contribution in [0.5, 0.6) is 0 Å². The van der Waals surface area contributed by atoms with Gasteiger partial charge in [-0.05, 0) is 42.5 Å². The van der Waals surface area contributed by atoms with E-state index < -0.39 is 5.97 Å². The van der Waals surface area contributed by atoms with Gasteiger partial charge < -0.3 is 24.5 Å². The third-order valence-corrected chi connectivity index (χ3v) is 6.65. The molecule has 9 heteroatoms. The smallest absolute Gasteiger partial charge is 0.336 e. The maximum atomic E-state index is 11.7. The highest BCUT2D eigenvalue weighted by atomic mass is 32.1. The van der Waals surface area contributed by atoms with Crippen LogP contribution >= 0.6 is 12.2 Å². The first-order chi connectivity index (χ1) is 16.6. The van der Waals surface area contributed by atoms with Crippen LogP contribution in [0.15, 0.2) is 65.2 Å². The number of benzene rings is 1. The van der Waals surface area contributed by atoms with Crippen molar-refractivity contribution >= 4 is 23.3 Å².